The number of aromatic nitrogens is 1. The van der Waals surface area contributed by atoms with Crippen molar-refractivity contribution >= 4 is 29.9 Å². The lowest BCUT2D eigenvalue weighted by Crippen LogP contribution is -2.36. The first-order chi connectivity index (χ1) is 15.2. The molecule has 2 N–H and O–H groups in total. The van der Waals surface area contributed by atoms with Gasteiger partial charge in [0.2, 0.25) is 11.6 Å². The number of rotatable bonds is 9. The third-order valence-corrected chi connectivity index (χ3v) is 4.50. The van der Waals surface area contributed by atoms with Crippen LogP contribution in [-0.2, 0) is 13.1 Å². The Hall–Kier alpha value is -2.95. The van der Waals surface area contributed by atoms with Crippen LogP contribution in [0.5, 0.6) is 17.2 Å². The molecule has 8 nitrogen and oxygen atoms in total. The molecule has 0 amide bonds. The van der Waals surface area contributed by atoms with Crippen molar-refractivity contribution in [2.24, 2.45) is 4.99 Å². The Balaban J connectivity index is 0.00000363. The summed E-state index contributed by atoms with van der Waals surface area (Å²) in [7, 11) is 4.93. The predicted octanol–water partition coefficient (Wildman–Crippen LogP) is 4.24. The maximum Gasteiger partial charge on any atom is 0.226 e. The van der Waals surface area contributed by atoms with Gasteiger partial charge >= 0.3 is 0 Å². The normalized spacial score (nSPS) is 10.8. The van der Waals surface area contributed by atoms with E-state index in [-0.39, 0.29) is 24.0 Å². The summed E-state index contributed by atoms with van der Waals surface area (Å²) in [6.45, 7) is 3.44. The lowest BCUT2D eigenvalue weighted by Gasteiger charge is -2.16. The smallest absolute Gasteiger partial charge is 0.226 e. The standard InChI is InChI=1S/C23H28N4O4.HI/c1-5-30-21-19(28-3)11-16(12-20(21)29-4)13-25-23(24-2)26-14-18-15-31-22(27-18)17-9-7-6-8-10-17;/h6-12,15H,5,13-14H2,1-4H3,(H2,24,25,26);1H. The van der Waals surface area contributed by atoms with Crippen molar-refractivity contribution in [3.63, 3.8) is 0 Å². The van der Waals surface area contributed by atoms with E-state index in [2.05, 4.69) is 20.6 Å². The van der Waals surface area contributed by atoms with Gasteiger partial charge in [-0.25, -0.2) is 4.98 Å². The molecule has 3 rings (SSSR count). The van der Waals surface area contributed by atoms with Gasteiger partial charge in [0, 0.05) is 19.2 Å². The first-order valence-corrected chi connectivity index (χ1v) is 10.0. The van der Waals surface area contributed by atoms with Crippen LogP contribution >= 0.6 is 24.0 Å². The monoisotopic (exact) mass is 552 g/mol. The van der Waals surface area contributed by atoms with Crippen LogP contribution in [0.3, 0.4) is 0 Å². The molecule has 0 bridgehead atoms. The molecule has 0 saturated heterocycles. The van der Waals surface area contributed by atoms with Crippen molar-refractivity contribution in [2.45, 2.75) is 20.0 Å². The first-order valence-electron chi connectivity index (χ1n) is 10.0. The van der Waals surface area contributed by atoms with Crippen LogP contribution in [0.15, 0.2) is 58.1 Å². The number of guanidine groups is 1. The van der Waals surface area contributed by atoms with E-state index in [1.54, 1.807) is 27.5 Å². The Kier molecular flexibility index (Phi) is 10.1. The summed E-state index contributed by atoms with van der Waals surface area (Å²) >= 11 is 0. The summed E-state index contributed by atoms with van der Waals surface area (Å²) in [5, 5.41) is 6.52. The van der Waals surface area contributed by atoms with Gasteiger partial charge in [-0.15, -0.1) is 24.0 Å². The number of oxazole rings is 1. The minimum absolute atomic E-state index is 0. The number of hydrogen-bond donors (Lipinski definition) is 2. The van der Waals surface area contributed by atoms with Gasteiger partial charge in [-0.3, -0.25) is 4.99 Å². The second-order valence-electron chi connectivity index (χ2n) is 6.55. The van der Waals surface area contributed by atoms with Gasteiger partial charge in [-0.2, -0.15) is 0 Å². The van der Waals surface area contributed by atoms with Crippen LogP contribution in [0.2, 0.25) is 0 Å². The van der Waals surface area contributed by atoms with E-state index in [4.69, 9.17) is 18.6 Å². The maximum absolute atomic E-state index is 5.65. The Bertz CT molecular complexity index is 983. The molecule has 1 heterocycles. The highest BCUT2D eigenvalue weighted by atomic mass is 127. The van der Waals surface area contributed by atoms with Crippen LogP contribution in [-0.4, -0.2) is 38.8 Å². The molecule has 1 aromatic heterocycles. The number of halogens is 1. The second-order valence-corrected chi connectivity index (χ2v) is 6.55. The van der Waals surface area contributed by atoms with Crippen molar-refractivity contribution in [2.75, 3.05) is 27.9 Å². The molecule has 172 valence electrons. The topological polar surface area (TPSA) is 90.1 Å². The van der Waals surface area contributed by atoms with E-state index in [0.29, 0.717) is 48.8 Å². The number of nitrogens with one attached hydrogen (secondary N) is 2. The summed E-state index contributed by atoms with van der Waals surface area (Å²) in [6.07, 6.45) is 1.64. The molecule has 3 aromatic rings. The van der Waals surface area contributed by atoms with E-state index in [0.717, 1.165) is 16.8 Å². The lowest BCUT2D eigenvalue weighted by molar-refractivity contribution is 0.288. The minimum Gasteiger partial charge on any atom is -0.493 e. The van der Waals surface area contributed by atoms with Crippen molar-refractivity contribution in [3.05, 3.63) is 60.0 Å². The molecule has 0 aliphatic carbocycles. The molecule has 0 aliphatic heterocycles. The van der Waals surface area contributed by atoms with Gasteiger partial charge in [-0.05, 0) is 36.8 Å². The summed E-state index contributed by atoms with van der Waals surface area (Å²) in [6, 6.07) is 13.6. The molecule has 0 saturated carbocycles. The first kappa shape index (κ1) is 25.3. The van der Waals surface area contributed by atoms with E-state index in [1.165, 1.54) is 0 Å². The number of hydrogen-bond acceptors (Lipinski definition) is 6. The van der Waals surface area contributed by atoms with Crippen molar-refractivity contribution in [1.82, 2.24) is 15.6 Å². The zero-order valence-electron chi connectivity index (χ0n) is 18.7. The third-order valence-electron chi connectivity index (χ3n) is 4.50. The maximum atomic E-state index is 5.65. The SMILES string of the molecule is CCOc1c(OC)cc(CNC(=NC)NCc2coc(-c3ccccc3)n2)cc1OC.I. The van der Waals surface area contributed by atoms with Crippen LogP contribution < -0.4 is 24.8 Å². The fourth-order valence-corrected chi connectivity index (χ4v) is 3.01. The average Bonchev–Trinajstić information content (AvgIpc) is 3.29. The highest BCUT2D eigenvalue weighted by Crippen LogP contribution is 2.38. The van der Waals surface area contributed by atoms with Gasteiger partial charge in [0.25, 0.3) is 0 Å². The van der Waals surface area contributed by atoms with Crippen LogP contribution in [0.4, 0.5) is 0 Å². The quantitative estimate of drug-likeness (QED) is 0.233. The highest BCUT2D eigenvalue weighted by molar-refractivity contribution is 14.0. The molecule has 2 aromatic carbocycles. The molecule has 9 heteroatoms. The highest BCUT2D eigenvalue weighted by Gasteiger charge is 2.14. The molecule has 0 aliphatic rings. The largest absolute Gasteiger partial charge is 0.493 e. The molecule has 0 radical (unpaired) electrons. The van der Waals surface area contributed by atoms with Crippen molar-refractivity contribution in [3.8, 4) is 28.7 Å². The average molecular weight is 552 g/mol. The number of aliphatic imine (C=N–C) groups is 1. The Labute approximate surface area is 205 Å². The molecular formula is C23H29IN4O4. The predicted molar refractivity (Wildman–Crippen MR) is 135 cm³/mol. The Morgan fingerprint density at radius 2 is 1.69 bits per heavy atom. The second kappa shape index (κ2) is 12.8. The summed E-state index contributed by atoms with van der Waals surface area (Å²) in [5.41, 5.74) is 2.69. The number of methoxy groups -OCH3 is 2. The van der Waals surface area contributed by atoms with E-state index >= 15 is 0 Å². The molecule has 0 unspecified atom stereocenters. The summed E-state index contributed by atoms with van der Waals surface area (Å²) < 4.78 is 22.1. The third kappa shape index (κ3) is 6.52. The van der Waals surface area contributed by atoms with Crippen molar-refractivity contribution < 1.29 is 18.6 Å². The number of benzene rings is 2. The van der Waals surface area contributed by atoms with E-state index in [9.17, 15) is 0 Å². The van der Waals surface area contributed by atoms with Gasteiger partial charge < -0.3 is 29.3 Å². The Morgan fingerprint density at radius 3 is 2.28 bits per heavy atom. The molecule has 0 fully saturated rings. The van der Waals surface area contributed by atoms with Gasteiger partial charge in [0.15, 0.2) is 17.5 Å². The number of nitrogens with zero attached hydrogens (tertiary/aromatic N) is 2. The molecule has 0 atom stereocenters. The van der Waals surface area contributed by atoms with Crippen LogP contribution in [0, 0.1) is 0 Å². The van der Waals surface area contributed by atoms with E-state index in [1.807, 2.05) is 49.4 Å². The van der Waals surface area contributed by atoms with Crippen molar-refractivity contribution in [1.29, 1.82) is 0 Å². The molecular weight excluding hydrogens is 523 g/mol. The van der Waals surface area contributed by atoms with Gasteiger partial charge in [-0.1, -0.05) is 18.2 Å². The summed E-state index contributed by atoms with van der Waals surface area (Å²) in [4.78, 5) is 8.78. The van der Waals surface area contributed by atoms with Gasteiger partial charge in [0.1, 0.15) is 6.26 Å². The van der Waals surface area contributed by atoms with Crippen LogP contribution in [0.1, 0.15) is 18.2 Å². The fourth-order valence-electron chi connectivity index (χ4n) is 3.01. The van der Waals surface area contributed by atoms with E-state index < -0.39 is 0 Å². The van der Waals surface area contributed by atoms with Crippen LogP contribution in [0.25, 0.3) is 11.5 Å². The minimum atomic E-state index is 0. The fraction of sp³-hybridized carbons (Fsp3) is 0.304. The molecule has 0 spiro atoms. The molecule has 32 heavy (non-hydrogen) atoms. The number of ether oxygens (including phenoxy) is 3. The van der Waals surface area contributed by atoms with Gasteiger partial charge in [0.05, 0.1) is 33.1 Å². The zero-order valence-corrected chi connectivity index (χ0v) is 21.0. The summed E-state index contributed by atoms with van der Waals surface area (Å²) in [5.74, 6) is 3.07. The Morgan fingerprint density at radius 1 is 1.03 bits per heavy atom. The lowest BCUT2D eigenvalue weighted by atomic mass is 10.2. The zero-order chi connectivity index (χ0) is 22.1.